The van der Waals surface area contributed by atoms with Crippen LogP contribution in [0.1, 0.15) is 5.56 Å². The van der Waals surface area contributed by atoms with Gasteiger partial charge in [-0.25, -0.2) is 15.0 Å². The Kier molecular flexibility index (Phi) is 3.21. The van der Waals surface area contributed by atoms with E-state index in [1.807, 2.05) is 11.5 Å². The van der Waals surface area contributed by atoms with E-state index in [4.69, 9.17) is 10.3 Å². The summed E-state index contributed by atoms with van der Waals surface area (Å²) >= 11 is 0. The Hall–Kier alpha value is -2.61. The van der Waals surface area contributed by atoms with Crippen LogP contribution in [0.5, 0.6) is 0 Å². The lowest BCUT2D eigenvalue weighted by Crippen LogP contribution is -2.07. The summed E-state index contributed by atoms with van der Waals surface area (Å²) in [5.74, 6) is 1.10. The normalized spacial score (nSPS) is 10.9. The Morgan fingerprint density at radius 2 is 2.00 bits per heavy atom. The molecule has 0 unspecified atom stereocenters. The third-order valence-electron chi connectivity index (χ3n) is 2.65. The van der Waals surface area contributed by atoms with Crippen molar-refractivity contribution in [3.05, 3.63) is 30.5 Å². The predicted octanol–water partition coefficient (Wildman–Crippen LogP) is 0.657. The molecule has 0 aliphatic heterocycles. The highest BCUT2D eigenvalue weighted by Gasteiger charge is 2.14. The molecule has 0 aliphatic rings. The predicted molar refractivity (Wildman–Crippen MR) is 70.3 cm³/mol. The Bertz CT molecular complexity index is 701. The molecule has 0 saturated heterocycles. The molecule has 3 aromatic heterocycles. The number of imidazole rings is 1. The van der Waals surface area contributed by atoms with Crippen molar-refractivity contribution >= 4 is 0 Å². The van der Waals surface area contributed by atoms with Gasteiger partial charge in [-0.2, -0.15) is 4.98 Å². The molecule has 2 N–H and O–H groups in total. The number of aryl methyl sites for hydroxylation is 1. The fourth-order valence-electron chi connectivity index (χ4n) is 1.67. The van der Waals surface area contributed by atoms with Crippen LogP contribution in [0, 0.1) is 6.92 Å². The fourth-order valence-corrected chi connectivity index (χ4v) is 1.67. The summed E-state index contributed by atoms with van der Waals surface area (Å²) in [4.78, 5) is 16.7. The van der Waals surface area contributed by atoms with Crippen molar-refractivity contribution in [2.75, 3.05) is 6.54 Å². The van der Waals surface area contributed by atoms with Crippen LogP contribution in [0.25, 0.3) is 23.2 Å². The van der Waals surface area contributed by atoms with Gasteiger partial charge in [-0.1, -0.05) is 5.16 Å². The smallest absolute Gasteiger partial charge is 0.278 e. The molecule has 0 bridgehead atoms. The average Bonchev–Trinajstić information content (AvgIpc) is 3.08. The van der Waals surface area contributed by atoms with Gasteiger partial charge in [0.15, 0.2) is 0 Å². The van der Waals surface area contributed by atoms with E-state index in [0.29, 0.717) is 36.3 Å². The number of aromatic nitrogens is 6. The summed E-state index contributed by atoms with van der Waals surface area (Å²) in [7, 11) is 0. The first-order valence-corrected chi connectivity index (χ1v) is 6.11. The summed E-state index contributed by atoms with van der Waals surface area (Å²) in [6.07, 6.45) is 6.89. The molecule has 0 atom stereocenters. The van der Waals surface area contributed by atoms with Gasteiger partial charge in [0.05, 0.1) is 6.33 Å². The summed E-state index contributed by atoms with van der Waals surface area (Å²) in [5.41, 5.74) is 7.06. The SMILES string of the molecule is Cc1cnc(-c2noc(-c3cn(CCN)cn3)n2)nc1. The van der Waals surface area contributed by atoms with Crippen molar-refractivity contribution in [1.29, 1.82) is 0 Å². The Labute approximate surface area is 114 Å². The largest absolute Gasteiger partial charge is 0.335 e. The fraction of sp³-hybridized carbons (Fsp3) is 0.250. The van der Waals surface area contributed by atoms with Gasteiger partial charge in [0.1, 0.15) is 5.69 Å². The zero-order chi connectivity index (χ0) is 13.9. The molecule has 102 valence electrons. The number of hydrogen-bond donors (Lipinski definition) is 1. The summed E-state index contributed by atoms with van der Waals surface area (Å²) in [5, 5.41) is 3.86. The summed E-state index contributed by atoms with van der Waals surface area (Å²) < 4.78 is 7.04. The number of hydrogen-bond acceptors (Lipinski definition) is 7. The minimum absolute atomic E-state index is 0.333. The molecule has 3 heterocycles. The molecule has 0 fully saturated rings. The number of nitrogens with two attached hydrogens (primary N) is 1. The Balaban J connectivity index is 1.87. The van der Waals surface area contributed by atoms with Gasteiger partial charge in [-0.05, 0) is 12.5 Å². The van der Waals surface area contributed by atoms with Crippen molar-refractivity contribution < 1.29 is 4.52 Å². The maximum Gasteiger partial charge on any atom is 0.278 e. The minimum Gasteiger partial charge on any atom is -0.335 e. The maximum absolute atomic E-state index is 5.48. The third kappa shape index (κ3) is 2.41. The number of rotatable bonds is 4. The van der Waals surface area contributed by atoms with E-state index >= 15 is 0 Å². The molecule has 0 aromatic carbocycles. The Morgan fingerprint density at radius 1 is 1.20 bits per heavy atom. The maximum atomic E-state index is 5.48. The molecule has 0 saturated carbocycles. The van der Waals surface area contributed by atoms with Crippen molar-refractivity contribution in [3.8, 4) is 23.2 Å². The van der Waals surface area contributed by atoms with Gasteiger partial charge >= 0.3 is 0 Å². The minimum atomic E-state index is 0.333. The van der Waals surface area contributed by atoms with E-state index in [1.165, 1.54) is 0 Å². The third-order valence-corrected chi connectivity index (χ3v) is 2.65. The van der Waals surface area contributed by atoms with Crippen LogP contribution in [0.2, 0.25) is 0 Å². The van der Waals surface area contributed by atoms with Crippen molar-refractivity contribution in [1.82, 2.24) is 29.7 Å². The highest BCUT2D eigenvalue weighted by atomic mass is 16.5. The van der Waals surface area contributed by atoms with E-state index in [-0.39, 0.29) is 0 Å². The van der Waals surface area contributed by atoms with Crippen molar-refractivity contribution in [2.24, 2.45) is 5.73 Å². The van der Waals surface area contributed by atoms with E-state index in [1.54, 1.807) is 24.9 Å². The standard InChI is InChI=1S/C12H13N7O/c1-8-4-14-10(15-5-8)11-17-12(20-18-11)9-6-19(3-2-13)7-16-9/h4-7H,2-3,13H2,1H3. The first-order valence-electron chi connectivity index (χ1n) is 6.11. The first-order chi connectivity index (χ1) is 9.76. The van der Waals surface area contributed by atoms with Gasteiger partial charge in [-0.15, -0.1) is 0 Å². The second-order valence-electron chi connectivity index (χ2n) is 4.29. The molecular formula is C12H13N7O. The van der Waals surface area contributed by atoms with E-state index in [2.05, 4.69) is 25.1 Å². The van der Waals surface area contributed by atoms with E-state index in [0.717, 1.165) is 5.56 Å². The zero-order valence-corrected chi connectivity index (χ0v) is 10.9. The van der Waals surface area contributed by atoms with Crippen LogP contribution in [0.15, 0.2) is 29.4 Å². The lowest BCUT2D eigenvalue weighted by atomic mass is 10.4. The van der Waals surface area contributed by atoms with Crippen molar-refractivity contribution in [3.63, 3.8) is 0 Å². The second kappa shape index (κ2) is 5.17. The molecule has 8 heteroatoms. The van der Waals surface area contributed by atoms with Gasteiger partial charge in [0.25, 0.3) is 5.89 Å². The first kappa shape index (κ1) is 12.4. The van der Waals surface area contributed by atoms with Gasteiger partial charge < -0.3 is 14.8 Å². The molecule has 8 nitrogen and oxygen atoms in total. The second-order valence-corrected chi connectivity index (χ2v) is 4.29. The van der Waals surface area contributed by atoms with Crippen LogP contribution >= 0.6 is 0 Å². The molecule has 3 rings (SSSR count). The van der Waals surface area contributed by atoms with Crippen LogP contribution in [0.3, 0.4) is 0 Å². The van der Waals surface area contributed by atoms with Gasteiger partial charge in [-0.3, -0.25) is 0 Å². The molecular weight excluding hydrogens is 258 g/mol. The van der Waals surface area contributed by atoms with Crippen LogP contribution in [-0.2, 0) is 6.54 Å². The lowest BCUT2D eigenvalue weighted by molar-refractivity contribution is 0.430. The van der Waals surface area contributed by atoms with Gasteiger partial charge in [0.2, 0.25) is 11.6 Å². The molecule has 0 amide bonds. The average molecular weight is 271 g/mol. The Morgan fingerprint density at radius 3 is 2.75 bits per heavy atom. The monoisotopic (exact) mass is 271 g/mol. The zero-order valence-electron chi connectivity index (χ0n) is 10.9. The number of nitrogens with zero attached hydrogens (tertiary/aromatic N) is 6. The molecule has 0 aliphatic carbocycles. The topological polar surface area (TPSA) is 109 Å². The lowest BCUT2D eigenvalue weighted by Gasteiger charge is -1.94. The van der Waals surface area contributed by atoms with Crippen LogP contribution < -0.4 is 5.73 Å². The van der Waals surface area contributed by atoms with Crippen molar-refractivity contribution in [2.45, 2.75) is 13.5 Å². The summed E-state index contributed by atoms with van der Waals surface area (Å²) in [6.45, 7) is 3.15. The van der Waals surface area contributed by atoms with Crippen LogP contribution in [-0.4, -0.2) is 36.2 Å². The quantitative estimate of drug-likeness (QED) is 0.742. The van der Waals surface area contributed by atoms with Crippen LogP contribution in [0.4, 0.5) is 0 Å². The molecule has 3 aromatic rings. The highest BCUT2D eigenvalue weighted by Crippen LogP contribution is 2.18. The molecule has 0 radical (unpaired) electrons. The summed E-state index contributed by atoms with van der Waals surface area (Å²) in [6, 6.07) is 0. The molecule has 20 heavy (non-hydrogen) atoms. The molecule has 0 spiro atoms. The van der Waals surface area contributed by atoms with Gasteiger partial charge in [0, 0.05) is 31.7 Å². The highest BCUT2D eigenvalue weighted by molar-refractivity contribution is 5.50. The van der Waals surface area contributed by atoms with E-state index in [9.17, 15) is 0 Å². The van der Waals surface area contributed by atoms with E-state index < -0.39 is 0 Å².